The van der Waals surface area contributed by atoms with Crippen molar-refractivity contribution in [3.8, 4) is 5.88 Å². The summed E-state index contributed by atoms with van der Waals surface area (Å²) in [5.74, 6) is 1.29. The topological polar surface area (TPSA) is 63.2 Å². The van der Waals surface area contributed by atoms with Gasteiger partial charge in [0.25, 0.3) is 0 Å². The molecule has 2 heterocycles. The summed E-state index contributed by atoms with van der Waals surface area (Å²) in [5, 5.41) is 6.17. The summed E-state index contributed by atoms with van der Waals surface area (Å²) < 4.78 is 5.84. The highest BCUT2D eigenvalue weighted by molar-refractivity contribution is 5.85. The molecule has 0 radical (unpaired) electrons. The highest BCUT2D eigenvalue weighted by Gasteiger charge is 2.21. The molecular formula is C17H28ClN3O2. The SMILES string of the molecule is CC(C)CC(C)Oc1cc(CNC(=O)C2CCCN2)ccn1.Cl. The first kappa shape index (κ1) is 19.7. The molecule has 2 N–H and O–H groups in total. The van der Waals surface area contributed by atoms with Crippen molar-refractivity contribution in [2.24, 2.45) is 5.92 Å². The van der Waals surface area contributed by atoms with E-state index in [0.717, 1.165) is 31.4 Å². The molecule has 1 fully saturated rings. The Kier molecular flexibility index (Phi) is 8.34. The largest absolute Gasteiger partial charge is 0.475 e. The van der Waals surface area contributed by atoms with E-state index in [0.29, 0.717) is 18.3 Å². The first-order chi connectivity index (χ1) is 10.5. The summed E-state index contributed by atoms with van der Waals surface area (Å²) in [6.07, 6.45) is 4.85. The van der Waals surface area contributed by atoms with Crippen LogP contribution in [0.5, 0.6) is 5.88 Å². The van der Waals surface area contributed by atoms with Crippen LogP contribution in [0.2, 0.25) is 0 Å². The molecule has 1 aromatic rings. The Morgan fingerprint density at radius 1 is 1.48 bits per heavy atom. The third-order valence-corrected chi connectivity index (χ3v) is 3.77. The van der Waals surface area contributed by atoms with E-state index < -0.39 is 0 Å². The second kappa shape index (κ2) is 9.73. The average Bonchev–Trinajstić information content (AvgIpc) is 2.98. The van der Waals surface area contributed by atoms with Crippen molar-refractivity contribution >= 4 is 18.3 Å². The van der Waals surface area contributed by atoms with Crippen LogP contribution in [0.3, 0.4) is 0 Å². The van der Waals surface area contributed by atoms with Crippen LogP contribution in [0.25, 0.3) is 0 Å². The van der Waals surface area contributed by atoms with Gasteiger partial charge in [-0.25, -0.2) is 4.98 Å². The Morgan fingerprint density at radius 3 is 2.91 bits per heavy atom. The highest BCUT2D eigenvalue weighted by Crippen LogP contribution is 2.15. The molecule has 2 atom stereocenters. The predicted octanol–water partition coefficient (Wildman–Crippen LogP) is 2.69. The molecule has 1 saturated heterocycles. The minimum atomic E-state index is -0.0383. The summed E-state index contributed by atoms with van der Waals surface area (Å²) >= 11 is 0. The van der Waals surface area contributed by atoms with Crippen LogP contribution in [0.4, 0.5) is 0 Å². The summed E-state index contributed by atoms with van der Waals surface area (Å²) in [4.78, 5) is 16.2. The van der Waals surface area contributed by atoms with Crippen molar-refractivity contribution in [1.29, 1.82) is 0 Å². The van der Waals surface area contributed by atoms with E-state index in [1.54, 1.807) is 6.20 Å². The highest BCUT2D eigenvalue weighted by atomic mass is 35.5. The average molecular weight is 342 g/mol. The molecule has 0 aromatic carbocycles. The standard InChI is InChI=1S/C17H27N3O2.ClH/c1-12(2)9-13(3)22-16-10-14(6-8-19-16)11-20-17(21)15-5-4-7-18-15;/h6,8,10,12-13,15,18H,4-5,7,9,11H2,1-3H3,(H,20,21);1H. The van der Waals surface area contributed by atoms with Crippen LogP contribution in [0.15, 0.2) is 18.3 Å². The van der Waals surface area contributed by atoms with Gasteiger partial charge in [0.15, 0.2) is 0 Å². The molecule has 1 aliphatic heterocycles. The Morgan fingerprint density at radius 2 is 2.26 bits per heavy atom. The Labute approximate surface area is 145 Å². The number of halogens is 1. The Balaban J connectivity index is 0.00000264. The Hall–Kier alpha value is -1.33. The number of amides is 1. The molecule has 0 aliphatic carbocycles. The zero-order valence-electron chi connectivity index (χ0n) is 14.2. The number of hydrogen-bond donors (Lipinski definition) is 2. The number of carbonyl (C=O) groups excluding carboxylic acids is 1. The Bertz CT molecular complexity index is 490. The van der Waals surface area contributed by atoms with Gasteiger partial charge in [0.2, 0.25) is 11.8 Å². The monoisotopic (exact) mass is 341 g/mol. The van der Waals surface area contributed by atoms with Crippen molar-refractivity contribution in [2.45, 2.75) is 58.7 Å². The number of hydrogen-bond acceptors (Lipinski definition) is 4. The van der Waals surface area contributed by atoms with E-state index in [2.05, 4.69) is 36.4 Å². The first-order valence-corrected chi connectivity index (χ1v) is 8.17. The normalized spacial score (nSPS) is 18.3. The van der Waals surface area contributed by atoms with Crippen LogP contribution in [-0.4, -0.2) is 29.6 Å². The fraction of sp³-hybridized carbons (Fsp3) is 0.647. The maximum Gasteiger partial charge on any atom is 0.237 e. The predicted molar refractivity (Wildman–Crippen MR) is 93.9 cm³/mol. The molecule has 5 nitrogen and oxygen atoms in total. The number of ether oxygens (including phenoxy) is 1. The number of carbonyl (C=O) groups is 1. The number of pyridine rings is 1. The summed E-state index contributed by atoms with van der Waals surface area (Å²) in [6, 6.07) is 3.77. The van der Waals surface area contributed by atoms with Crippen LogP contribution < -0.4 is 15.4 Å². The molecule has 1 aromatic heterocycles. The molecule has 1 aliphatic rings. The van der Waals surface area contributed by atoms with Crippen molar-refractivity contribution in [1.82, 2.24) is 15.6 Å². The molecular weight excluding hydrogens is 314 g/mol. The second-order valence-electron chi connectivity index (χ2n) is 6.43. The van der Waals surface area contributed by atoms with Gasteiger partial charge < -0.3 is 15.4 Å². The number of nitrogens with zero attached hydrogens (tertiary/aromatic N) is 1. The van der Waals surface area contributed by atoms with E-state index in [9.17, 15) is 4.79 Å². The maximum absolute atomic E-state index is 12.0. The molecule has 2 unspecified atom stereocenters. The van der Waals surface area contributed by atoms with Crippen LogP contribution in [0, 0.1) is 5.92 Å². The second-order valence-corrected chi connectivity index (χ2v) is 6.43. The summed E-state index contributed by atoms with van der Waals surface area (Å²) in [7, 11) is 0. The van der Waals surface area contributed by atoms with Crippen molar-refractivity contribution in [3.63, 3.8) is 0 Å². The molecule has 23 heavy (non-hydrogen) atoms. The first-order valence-electron chi connectivity index (χ1n) is 8.17. The molecule has 6 heteroatoms. The molecule has 0 bridgehead atoms. The van der Waals surface area contributed by atoms with Gasteiger partial charge in [-0.1, -0.05) is 13.8 Å². The van der Waals surface area contributed by atoms with E-state index in [1.807, 2.05) is 12.1 Å². The smallest absolute Gasteiger partial charge is 0.237 e. The van der Waals surface area contributed by atoms with Crippen molar-refractivity contribution < 1.29 is 9.53 Å². The number of nitrogens with one attached hydrogen (secondary N) is 2. The fourth-order valence-electron chi connectivity index (χ4n) is 2.76. The van der Waals surface area contributed by atoms with Gasteiger partial charge in [-0.2, -0.15) is 0 Å². The van der Waals surface area contributed by atoms with E-state index in [1.165, 1.54) is 0 Å². The number of aromatic nitrogens is 1. The lowest BCUT2D eigenvalue weighted by Gasteiger charge is -2.16. The van der Waals surface area contributed by atoms with Gasteiger partial charge >= 0.3 is 0 Å². The van der Waals surface area contributed by atoms with Crippen molar-refractivity contribution in [2.75, 3.05) is 6.54 Å². The van der Waals surface area contributed by atoms with Gasteiger partial charge in [0.05, 0.1) is 12.1 Å². The molecule has 0 spiro atoms. The lowest BCUT2D eigenvalue weighted by atomic mass is 10.1. The van der Waals surface area contributed by atoms with E-state index in [-0.39, 0.29) is 30.5 Å². The van der Waals surface area contributed by atoms with Crippen LogP contribution in [-0.2, 0) is 11.3 Å². The van der Waals surface area contributed by atoms with Crippen LogP contribution in [0.1, 0.15) is 45.6 Å². The molecule has 2 rings (SSSR count). The fourth-order valence-corrected chi connectivity index (χ4v) is 2.76. The summed E-state index contributed by atoms with van der Waals surface area (Å²) in [5.41, 5.74) is 1.01. The summed E-state index contributed by atoms with van der Waals surface area (Å²) in [6.45, 7) is 7.85. The van der Waals surface area contributed by atoms with E-state index >= 15 is 0 Å². The van der Waals surface area contributed by atoms with Gasteiger partial charge in [-0.3, -0.25) is 4.79 Å². The van der Waals surface area contributed by atoms with Gasteiger partial charge in [-0.15, -0.1) is 12.4 Å². The van der Waals surface area contributed by atoms with Crippen molar-refractivity contribution in [3.05, 3.63) is 23.9 Å². The van der Waals surface area contributed by atoms with Crippen LogP contribution >= 0.6 is 12.4 Å². The minimum Gasteiger partial charge on any atom is -0.475 e. The molecule has 130 valence electrons. The zero-order chi connectivity index (χ0) is 15.9. The van der Waals surface area contributed by atoms with Gasteiger partial charge in [0, 0.05) is 18.8 Å². The van der Waals surface area contributed by atoms with E-state index in [4.69, 9.17) is 4.74 Å². The van der Waals surface area contributed by atoms with Gasteiger partial charge in [-0.05, 0) is 50.3 Å². The van der Waals surface area contributed by atoms with Gasteiger partial charge in [0.1, 0.15) is 0 Å². The lowest BCUT2D eigenvalue weighted by molar-refractivity contribution is -0.122. The zero-order valence-corrected chi connectivity index (χ0v) is 15.0. The molecule has 1 amide bonds. The quantitative estimate of drug-likeness (QED) is 0.800. The minimum absolute atomic E-state index is 0. The maximum atomic E-state index is 12.0. The number of rotatable bonds is 7. The molecule has 0 saturated carbocycles. The third kappa shape index (κ3) is 6.75. The lowest BCUT2D eigenvalue weighted by Crippen LogP contribution is -2.40. The third-order valence-electron chi connectivity index (χ3n) is 3.77.